The van der Waals surface area contributed by atoms with Crippen molar-refractivity contribution in [3.05, 3.63) is 29.3 Å². The summed E-state index contributed by atoms with van der Waals surface area (Å²) in [6.45, 7) is 1.79. The molecule has 3 heteroatoms. The zero-order valence-corrected chi connectivity index (χ0v) is 10.2. The molecule has 3 nitrogen and oxygen atoms in total. The quantitative estimate of drug-likeness (QED) is 0.805. The molecule has 2 aliphatic rings. The van der Waals surface area contributed by atoms with Gasteiger partial charge in [0.15, 0.2) is 0 Å². The molecule has 17 heavy (non-hydrogen) atoms. The van der Waals surface area contributed by atoms with E-state index in [2.05, 4.69) is 17.4 Å². The summed E-state index contributed by atoms with van der Waals surface area (Å²) in [4.78, 5) is 0. The van der Waals surface area contributed by atoms with Gasteiger partial charge in [0.2, 0.25) is 0 Å². The average Bonchev–Trinajstić information content (AvgIpc) is 2.57. The minimum atomic E-state index is 0.229. The molecular weight excluding hydrogens is 214 g/mol. The van der Waals surface area contributed by atoms with Gasteiger partial charge in [0, 0.05) is 12.6 Å². The lowest BCUT2D eigenvalue weighted by molar-refractivity contribution is -0.00646. The first-order valence-corrected chi connectivity index (χ1v) is 6.40. The van der Waals surface area contributed by atoms with Crippen molar-refractivity contribution in [3.8, 4) is 5.75 Å². The maximum Gasteiger partial charge on any atom is 0.119 e. The van der Waals surface area contributed by atoms with Crippen molar-refractivity contribution < 1.29 is 9.47 Å². The van der Waals surface area contributed by atoms with E-state index >= 15 is 0 Å². The van der Waals surface area contributed by atoms with Gasteiger partial charge in [0.05, 0.1) is 19.8 Å². The van der Waals surface area contributed by atoms with Crippen LogP contribution >= 0.6 is 0 Å². The maximum atomic E-state index is 5.96. The van der Waals surface area contributed by atoms with Crippen molar-refractivity contribution in [2.45, 2.75) is 31.4 Å². The van der Waals surface area contributed by atoms with E-state index in [4.69, 9.17) is 9.47 Å². The molecule has 0 amide bonds. The summed E-state index contributed by atoms with van der Waals surface area (Å²) in [7, 11) is 1.72. The lowest BCUT2D eigenvalue weighted by Crippen LogP contribution is -2.43. The Balaban J connectivity index is 1.97. The molecule has 1 N–H and O–H groups in total. The lowest BCUT2D eigenvalue weighted by Gasteiger charge is -2.32. The lowest BCUT2D eigenvalue weighted by atomic mass is 9.97. The average molecular weight is 233 g/mol. The van der Waals surface area contributed by atoms with Gasteiger partial charge >= 0.3 is 0 Å². The molecular formula is C14H19NO2. The van der Waals surface area contributed by atoms with Crippen LogP contribution in [0.25, 0.3) is 0 Å². The number of rotatable bonds is 1. The Bertz CT molecular complexity index is 405. The summed E-state index contributed by atoms with van der Waals surface area (Å²) in [6, 6.07) is 6.86. The van der Waals surface area contributed by atoms with Gasteiger partial charge in [0.1, 0.15) is 5.75 Å². The van der Waals surface area contributed by atoms with Crippen LogP contribution in [0.3, 0.4) is 0 Å². The van der Waals surface area contributed by atoms with E-state index in [9.17, 15) is 0 Å². The molecule has 1 saturated heterocycles. The molecule has 1 aromatic rings. The van der Waals surface area contributed by atoms with Crippen LogP contribution < -0.4 is 10.1 Å². The number of methoxy groups -OCH3 is 1. The van der Waals surface area contributed by atoms with E-state index < -0.39 is 0 Å². The summed E-state index contributed by atoms with van der Waals surface area (Å²) >= 11 is 0. The fraction of sp³-hybridized carbons (Fsp3) is 0.571. The summed E-state index contributed by atoms with van der Waals surface area (Å²) < 4.78 is 11.3. The standard InChI is InChI=1S/C14H19NO2/c1-16-11-5-6-12-10(9-11)3-2-4-13-14(12)17-8-7-15-13/h5-6,9,13-15H,2-4,7-8H2,1H3. The Kier molecular flexibility index (Phi) is 3.04. The van der Waals surface area contributed by atoms with Gasteiger partial charge in [0.25, 0.3) is 0 Å². The van der Waals surface area contributed by atoms with Gasteiger partial charge in [-0.25, -0.2) is 0 Å². The second kappa shape index (κ2) is 4.67. The molecule has 1 aliphatic heterocycles. The van der Waals surface area contributed by atoms with Crippen LogP contribution in [0.2, 0.25) is 0 Å². The zero-order valence-electron chi connectivity index (χ0n) is 10.2. The smallest absolute Gasteiger partial charge is 0.119 e. The zero-order chi connectivity index (χ0) is 11.7. The largest absolute Gasteiger partial charge is 0.497 e. The first-order chi connectivity index (χ1) is 8.38. The van der Waals surface area contributed by atoms with E-state index in [1.165, 1.54) is 24.0 Å². The number of ether oxygens (including phenoxy) is 2. The third-order valence-electron chi connectivity index (χ3n) is 3.79. The molecule has 1 aromatic carbocycles. The van der Waals surface area contributed by atoms with E-state index in [0.29, 0.717) is 6.04 Å². The van der Waals surface area contributed by atoms with Crippen LogP contribution in [0.5, 0.6) is 5.75 Å². The number of hydrogen-bond acceptors (Lipinski definition) is 3. The Hall–Kier alpha value is -1.06. The third-order valence-corrected chi connectivity index (χ3v) is 3.79. The van der Waals surface area contributed by atoms with Gasteiger partial charge in [-0.1, -0.05) is 6.07 Å². The van der Waals surface area contributed by atoms with Gasteiger partial charge < -0.3 is 14.8 Å². The van der Waals surface area contributed by atoms with E-state index in [1.807, 2.05) is 6.07 Å². The fourth-order valence-corrected chi connectivity index (χ4v) is 2.93. The number of benzene rings is 1. The molecule has 0 aromatic heterocycles. The molecule has 92 valence electrons. The van der Waals surface area contributed by atoms with Crippen LogP contribution in [-0.2, 0) is 11.2 Å². The van der Waals surface area contributed by atoms with E-state index in [1.54, 1.807) is 7.11 Å². The Morgan fingerprint density at radius 2 is 2.35 bits per heavy atom. The van der Waals surface area contributed by atoms with Crippen molar-refractivity contribution in [2.24, 2.45) is 0 Å². The SMILES string of the molecule is COc1ccc2c(c1)CCCC1NCCOC21. The van der Waals surface area contributed by atoms with Gasteiger partial charge in [-0.2, -0.15) is 0 Å². The topological polar surface area (TPSA) is 30.5 Å². The molecule has 0 radical (unpaired) electrons. The number of aryl methyl sites for hydroxylation is 1. The second-order valence-corrected chi connectivity index (χ2v) is 4.81. The molecule has 3 rings (SSSR count). The molecule has 2 atom stereocenters. The van der Waals surface area contributed by atoms with Crippen molar-refractivity contribution in [3.63, 3.8) is 0 Å². The van der Waals surface area contributed by atoms with Crippen LogP contribution in [0, 0.1) is 0 Å². The number of morpholine rings is 1. The molecule has 1 heterocycles. The van der Waals surface area contributed by atoms with Crippen LogP contribution in [0.4, 0.5) is 0 Å². The fourth-order valence-electron chi connectivity index (χ4n) is 2.93. The first kappa shape index (κ1) is 11.1. The minimum absolute atomic E-state index is 0.229. The van der Waals surface area contributed by atoms with Crippen LogP contribution in [-0.4, -0.2) is 26.3 Å². The first-order valence-electron chi connectivity index (χ1n) is 6.40. The molecule has 2 unspecified atom stereocenters. The van der Waals surface area contributed by atoms with Gasteiger partial charge in [-0.05, 0) is 42.5 Å². The van der Waals surface area contributed by atoms with Crippen molar-refractivity contribution in [1.29, 1.82) is 0 Å². The van der Waals surface area contributed by atoms with Crippen molar-refractivity contribution in [1.82, 2.24) is 5.32 Å². The minimum Gasteiger partial charge on any atom is -0.497 e. The second-order valence-electron chi connectivity index (χ2n) is 4.81. The van der Waals surface area contributed by atoms with Gasteiger partial charge in [-0.15, -0.1) is 0 Å². The monoisotopic (exact) mass is 233 g/mol. The predicted molar refractivity (Wildman–Crippen MR) is 66.4 cm³/mol. The summed E-state index contributed by atoms with van der Waals surface area (Å²) in [5, 5.41) is 3.57. The molecule has 1 aliphatic carbocycles. The predicted octanol–water partition coefficient (Wildman–Crippen LogP) is 2.06. The molecule has 0 spiro atoms. The highest BCUT2D eigenvalue weighted by Gasteiger charge is 2.30. The number of fused-ring (bicyclic) bond motifs is 3. The highest BCUT2D eigenvalue weighted by molar-refractivity contribution is 5.38. The third kappa shape index (κ3) is 2.05. The maximum absolute atomic E-state index is 5.96. The highest BCUT2D eigenvalue weighted by Crippen LogP contribution is 2.34. The van der Waals surface area contributed by atoms with E-state index in [-0.39, 0.29) is 6.10 Å². The Labute approximate surface area is 102 Å². The summed E-state index contributed by atoms with van der Waals surface area (Å²) in [5.74, 6) is 0.950. The van der Waals surface area contributed by atoms with Gasteiger partial charge in [-0.3, -0.25) is 0 Å². The Morgan fingerprint density at radius 3 is 3.24 bits per heavy atom. The Morgan fingerprint density at radius 1 is 1.41 bits per heavy atom. The number of hydrogen-bond donors (Lipinski definition) is 1. The molecule has 0 saturated carbocycles. The summed E-state index contributed by atoms with van der Waals surface area (Å²) in [5.41, 5.74) is 2.74. The summed E-state index contributed by atoms with van der Waals surface area (Å²) in [6.07, 6.45) is 3.77. The number of nitrogens with one attached hydrogen (secondary N) is 1. The van der Waals surface area contributed by atoms with E-state index in [0.717, 1.165) is 25.3 Å². The van der Waals surface area contributed by atoms with Crippen LogP contribution in [0.15, 0.2) is 18.2 Å². The molecule has 0 bridgehead atoms. The molecule has 1 fully saturated rings. The highest BCUT2D eigenvalue weighted by atomic mass is 16.5. The van der Waals surface area contributed by atoms with Crippen LogP contribution in [0.1, 0.15) is 30.1 Å². The van der Waals surface area contributed by atoms with Crippen molar-refractivity contribution >= 4 is 0 Å². The van der Waals surface area contributed by atoms with Crippen molar-refractivity contribution in [2.75, 3.05) is 20.3 Å². The normalized spacial score (nSPS) is 27.8.